The van der Waals surface area contributed by atoms with Crippen molar-refractivity contribution in [1.82, 2.24) is 4.31 Å². The van der Waals surface area contributed by atoms with E-state index in [1.54, 1.807) is 0 Å². The number of benzene rings is 3. The van der Waals surface area contributed by atoms with Gasteiger partial charge in [0.05, 0.1) is 18.1 Å². The van der Waals surface area contributed by atoms with Gasteiger partial charge >= 0.3 is 0 Å². The quantitative estimate of drug-likeness (QED) is 0.629. The average molecular weight is 458 g/mol. The molecule has 0 aromatic heterocycles. The number of ether oxygens (including phenoxy) is 1. The maximum atomic E-state index is 13.9. The molecule has 0 spiro atoms. The maximum absolute atomic E-state index is 13.9. The van der Waals surface area contributed by atoms with Gasteiger partial charge in [-0.05, 0) is 54.1 Å². The van der Waals surface area contributed by atoms with E-state index in [1.807, 2.05) is 0 Å². The van der Waals surface area contributed by atoms with Crippen molar-refractivity contribution >= 4 is 21.6 Å². The highest BCUT2D eigenvalue weighted by Crippen LogP contribution is 2.30. The van der Waals surface area contributed by atoms with Crippen molar-refractivity contribution in [2.75, 3.05) is 31.6 Å². The van der Waals surface area contributed by atoms with E-state index in [0.717, 1.165) is 0 Å². The number of morpholine rings is 1. The molecule has 1 saturated heterocycles. The second kappa shape index (κ2) is 9.15. The Labute approximate surface area is 184 Å². The Morgan fingerprint density at radius 2 is 1.59 bits per heavy atom. The minimum Gasteiger partial charge on any atom is -0.379 e. The molecule has 166 valence electrons. The number of nitrogens with zero attached hydrogens (tertiary/aromatic N) is 1. The summed E-state index contributed by atoms with van der Waals surface area (Å²) in [4.78, 5) is 12.9. The van der Waals surface area contributed by atoms with Gasteiger partial charge in [0.15, 0.2) is 0 Å². The first-order valence-electron chi connectivity index (χ1n) is 9.89. The van der Waals surface area contributed by atoms with Crippen LogP contribution in [0.15, 0.2) is 71.6 Å². The summed E-state index contributed by atoms with van der Waals surface area (Å²) in [6.45, 7) is 1.12. The largest absolute Gasteiger partial charge is 0.379 e. The summed E-state index contributed by atoms with van der Waals surface area (Å²) < 4.78 is 59.5. The molecular weight excluding hydrogens is 438 g/mol. The number of amides is 1. The highest BCUT2D eigenvalue weighted by molar-refractivity contribution is 7.89. The number of halogens is 2. The first-order valence-corrected chi connectivity index (χ1v) is 11.3. The Kier molecular flexibility index (Phi) is 6.31. The summed E-state index contributed by atoms with van der Waals surface area (Å²) in [5.74, 6) is -1.51. The molecule has 6 nitrogen and oxygen atoms in total. The van der Waals surface area contributed by atoms with E-state index < -0.39 is 27.6 Å². The Morgan fingerprint density at radius 1 is 0.906 bits per heavy atom. The molecule has 1 fully saturated rings. The highest BCUT2D eigenvalue weighted by Gasteiger charge is 2.27. The molecule has 9 heteroatoms. The van der Waals surface area contributed by atoms with Crippen molar-refractivity contribution < 1.29 is 26.7 Å². The molecule has 1 aliphatic heterocycles. The van der Waals surface area contributed by atoms with E-state index in [0.29, 0.717) is 30.0 Å². The van der Waals surface area contributed by atoms with E-state index in [9.17, 15) is 22.0 Å². The summed E-state index contributed by atoms with van der Waals surface area (Å²) in [5.41, 5.74) is 1.33. The average Bonchev–Trinajstić information content (AvgIpc) is 2.81. The molecule has 1 amide bonds. The van der Waals surface area contributed by atoms with Crippen molar-refractivity contribution in [2.24, 2.45) is 0 Å². The molecule has 3 aromatic carbocycles. The number of carbonyl (C=O) groups is 1. The maximum Gasteiger partial charge on any atom is 0.255 e. The fourth-order valence-electron chi connectivity index (χ4n) is 3.42. The van der Waals surface area contributed by atoms with E-state index in [1.165, 1.54) is 71.0 Å². The van der Waals surface area contributed by atoms with Crippen LogP contribution in [-0.2, 0) is 14.8 Å². The van der Waals surface area contributed by atoms with Crippen molar-refractivity contribution in [3.8, 4) is 11.1 Å². The van der Waals surface area contributed by atoms with Crippen LogP contribution in [0.4, 0.5) is 14.5 Å². The van der Waals surface area contributed by atoms with Gasteiger partial charge < -0.3 is 10.1 Å². The van der Waals surface area contributed by atoms with Gasteiger partial charge in [-0.3, -0.25) is 4.79 Å². The van der Waals surface area contributed by atoms with Crippen molar-refractivity contribution in [2.45, 2.75) is 4.90 Å². The summed E-state index contributed by atoms with van der Waals surface area (Å²) in [6.07, 6.45) is 0. The van der Waals surface area contributed by atoms with Crippen molar-refractivity contribution in [1.29, 1.82) is 0 Å². The van der Waals surface area contributed by atoms with Gasteiger partial charge in [0.25, 0.3) is 5.91 Å². The first-order chi connectivity index (χ1) is 15.3. The Bertz CT molecular complexity index is 1240. The number of anilines is 1. The van der Waals surface area contributed by atoms with Crippen LogP contribution < -0.4 is 5.32 Å². The van der Waals surface area contributed by atoms with Crippen LogP contribution in [-0.4, -0.2) is 44.9 Å². The topological polar surface area (TPSA) is 75.7 Å². The van der Waals surface area contributed by atoms with Crippen LogP contribution in [0, 0.1) is 11.6 Å². The summed E-state index contributed by atoms with van der Waals surface area (Å²) in [5, 5.41) is 2.70. The van der Waals surface area contributed by atoms with E-state index in [2.05, 4.69) is 5.32 Å². The lowest BCUT2D eigenvalue weighted by Gasteiger charge is -2.26. The molecule has 32 heavy (non-hydrogen) atoms. The Hall–Kier alpha value is -3.14. The molecule has 1 aliphatic rings. The zero-order valence-corrected chi connectivity index (χ0v) is 17.7. The molecule has 4 rings (SSSR count). The van der Waals surface area contributed by atoms with Crippen LogP contribution in [0.25, 0.3) is 11.1 Å². The van der Waals surface area contributed by atoms with Crippen molar-refractivity contribution in [3.05, 3.63) is 83.9 Å². The molecule has 0 atom stereocenters. The molecule has 1 N–H and O–H groups in total. The van der Waals surface area contributed by atoms with Crippen LogP contribution in [0.5, 0.6) is 0 Å². The van der Waals surface area contributed by atoms with Gasteiger partial charge in [-0.15, -0.1) is 0 Å². The van der Waals surface area contributed by atoms with E-state index >= 15 is 0 Å². The molecule has 0 unspecified atom stereocenters. The van der Waals surface area contributed by atoms with Crippen molar-refractivity contribution in [3.63, 3.8) is 0 Å². The Morgan fingerprint density at radius 3 is 2.31 bits per heavy atom. The zero-order chi connectivity index (χ0) is 22.7. The molecule has 0 radical (unpaired) electrons. The highest BCUT2D eigenvalue weighted by atomic mass is 32.2. The number of rotatable bonds is 5. The molecule has 0 bridgehead atoms. The van der Waals surface area contributed by atoms with Crippen LogP contribution in [0.3, 0.4) is 0 Å². The SMILES string of the molecule is O=C(Nc1ccc(F)cc1-c1ccc(F)cc1)c1cccc(S(=O)(=O)N2CCOCC2)c1. The van der Waals surface area contributed by atoms with Gasteiger partial charge in [0, 0.05) is 29.9 Å². The molecule has 1 heterocycles. The first kappa shape index (κ1) is 22.1. The molecule has 0 saturated carbocycles. The van der Waals surface area contributed by atoms with E-state index in [-0.39, 0.29) is 23.5 Å². The minimum atomic E-state index is -3.76. The van der Waals surface area contributed by atoms with E-state index in [4.69, 9.17) is 4.74 Å². The molecular formula is C23H20F2N2O4S. The fourth-order valence-corrected chi connectivity index (χ4v) is 4.88. The van der Waals surface area contributed by atoms with Crippen LogP contribution >= 0.6 is 0 Å². The number of nitrogens with one attached hydrogen (secondary N) is 1. The third-order valence-electron chi connectivity index (χ3n) is 5.09. The lowest BCUT2D eigenvalue weighted by molar-refractivity contribution is 0.0730. The number of hydrogen-bond donors (Lipinski definition) is 1. The molecule has 3 aromatic rings. The van der Waals surface area contributed by atoms with Gasteiger partial charge in [-0.1, -0.05) is 18.2 Å². The summed E-state index contributed by atoms with van der Waals surface area (Å²) in [7, 11) is -3.76. The zero-order valence-electron chi connectivity index (χ0n) is 16.9. The molecule has 0 aliphatic carbocycles. The van der Waals surface area contributed by atoms with Gasteiger partial charge in [-0.2, -0.15) is 4.31 Å². The summed E-state index contributed by atoms with van der Waals surface area (Å²) in [6, 6.07) is 15.0. The summed E-state index contributed by atoms with van der Waals surface area (Å²) >= 11 is 0. The third-order valence-corrected chi connectivity index (χ3v) is 6.98. The van der Waals surface area contributed by atoms with Gasteiger partial charge in [-0.25, -0.2) is 17.2 Å². The van der Waals surface area contributed by atoms with Gasteiger partial charge in [0.2, 0.25) is 10.0 Å². The lowest BCUT2D eigenvalue weighted by Crippen LogP contribution is -2.40. The smallest absolute Gasteiger partial charge is 0.255 e. The third kappa shape index (κ3) is 4.69. The number of hydrogen-bond acceptors (Lipinski definition) is 4. The second-order valence-electron chi connectivity index (χ2n) is 7.20. The predicted molar refractivity (Wildman–Crippen MR) is 116 cm³/mol. The second-order valence-corrected chi connectivity index (χ2v) is 9.13. The predicted octanol–water partition coefficient (Wildman–Crippen LogP) is 3.91. The monoisotopic (exact) mass is 458 g/mol. The van der Waals surface area contributed by atoms with Crippen LogP contribution in [0.2, 0.25) is 0 Å². The lowest BCUT2D eigenvalue weighted by atomic mass is 10.0. The fraction of sp³-hybridized carbons (Fsp3) is 0.174. The van der Waals surface area contributed by atoms with Gasteiger partial charge in [0.1, 0.15) is 11.6 Å². The van der Waals surface area contributed by atoms with Crippen LogP contribution in [0.1, 0.15) is 10.4 Å². The minimum absolute atomic E-state index is 0.00455. The standard InChI is InChI=1S/C23H20F2N2O4S/c24-18-6-4-16(5-7-18)21-15-19(25)8-9-22(21)26-23(28)17-2-1-3-20(14-17)32(29,30)27-10-12-31-13-11-27/h1-9,14-15H,10-13H2,(H,26,28). The number of carbonyl (C=O) groups excluding carboxylic acids is 1. The Balaban J connectivity index is 1.62. The number of sulfonamides is 1. The normalized spacial score (nSPS) is 14.8.